The van der Waals surface area contributed by atoms with E-state index in [-0.39, 0.29) is 17.3 Å². The van der Waals surface area contributed by atoms with Gasteiger partial charge in [0.15, 0.2) is 0 Å². The molecule has 1 aromatic carbocycles. The van der Waals surface area contributed by atoms with Gasteiger partial charge in [0.1, 0.15) is 6.10 Å². The molecule has 4 aliphatic rings. The van der Waals surface area contributed by atoms with Gasteiger partial charge in [0.2, 0.25) is 10.0 Å². The average molecular weight is 506 g/mol. The van der Waals surface area contributed by atoms with Crippen LogP contribution in [0.2, 0.25) is 0 Å². The Morgan fingerprint density at radius 1 is 0.971 bits per heavy atom. The molecule has 8 nitrogen and oxygen atoms in total. The molecule has 0 radical (unpaired) electrons. The first-order valence-electron chi connectivity index (χ1n) is 13.2. The van der Waals surface area contributed by atoms with Crippen LogP contribution in [-0.4, -0.2) is 94.0 Å². The largest absolute Gasteiger partial charge is 0.462 e. The third kappa shape index (κ3) is 5.38. The smallest absolute Gasteiger partial charge is 0.312 e. The van der Waals surface area contributed by atoms with Crippen LogP contribution in [0.15, 0.2) is 24.3 Å². The molecule has 0 bridgehead atoms. The second kappa shape index (κ2) is 10.4. The van der Waals surface area contributed by atoms with Gasteiger partial charge in [0.25, 0.3) is 0 Å². The van der Waals surface area contributed by atoms with E-state index in [0.717, 1.165) is 45.6 Å². The number of cyclic esters (lactones) is 1. The first-order chi connectivity index (χ1) is 16.9. The molecule has 0 saturated carbocycles. The van der Waals surface area contributed by atoms with E-state index < -0.39 is 15.4 Å². The monoisotopic (exact) mass is 505 g/mol. The Hall–Kier alpha value is -1.68. The molecule has 194 valence electrons. The molecule has 0 N–H and O–H groups in total. The number of nitrogens with zero attached hydrogens (tertiary/aromatic N) is 3. The summed E-state index contributed by atoms with van der Waals surface area (Å²) in [6, 6.07) is 8.72. The molecular weight excluding hydrogens is 466 g/mol. The van der Waals surface area contributed by atoms with Crippen LogP contribution in [0.5, 0.6) is 0 Å². The predicted molar refractivity (Wildman–Crippen MR) is 135 cm³/mol. The number of piperazine rings is 1. The van der Waals surface area contributed by atoms with E-state index >= 15 is 0 Å². The van der Waals surface area contributed by atoms with Crippen molar-refractivity contribution in [2.24, 2.45) is 5.41 Å². The number of ether oxygens (including phenoxy) is 2. The Morgan fingerprint density at radius 2 is 1.63 bits per heavy atom. The molecule has 1 aromatic rings. The van der Waals surface area contributed by atoms with E-state index in [1.807, 2.05) is 0 Å². The molecule has 0 unspecified atom stereocenters. The van der Waals surface area contributed by atoms with Crippen molar-refractivity contribution in [3.8, 4) is 0 Å². The molecule has 1 atom stereocenters. The normalized spacial score (nSPS) is 26.8. The lowest BCUT2D eigenvalue weighted by atomic mass is 9.76. The minimum atomic E-state index is -3.32. The van der Waals surface area contributed by atoms with Gasteiger partial charge in [-0.25, -0.2) is 12.7 Å². The molecule has 0 aromatic heterocycles. The third-order valence-corrected chi connectivity index (χ3v) is 10.9. The number of carbonyl (C=O) groups excluding carboxylic acids is 1. The zero-order valence-corrected chi connectivity index (χ0v) is 21.7. The summed E-state index contributed by atoms with van der Waals surface area (Å²) in [7, 11) is -3.32. The quantitative estimate of drug-likeness (QED) is 0.550. The van der Waals surface area contributed by atoms with E-state index in [0.29, 0.717) is 52.0 Å². The van der Waals surface area contributed by atoms with Gasteiger partial charge in [-0.15, -0.1) is 0 Å². The van der Waals surface area contributed by atoms with Gasteiger partial charge in [-0.3, -0.25) is 9.69 Å². The molecule has 5 rings (SSSR count). The minimum absolute atomic E-state index is 0.0590. The van der Waals surface area contributed by atoms with Crippen molar-refractivity contribution < 1.29 is 22.7 Å². The standard InChI is InChI=1S/C26H39N3O5S/c1-21-2-4-22(5-3-21)28-16-14-27(15-17-28)11-6-23-20-26(25(30)34-23)9-12-29(13-10-26)35(31,32)24-7-18-33-19-8-24/h2-5,23-24H,6-20H2,1H3/t23-/m0/s1. The molecule has 9 heteroatoms. The van der Waals surface area contributed by atoms with Crippen LogP contribution in [-0.2, 0) is 24.3 Å². The summed E-state index contributed by atoms with van der Waals surface area (Å²) in [5.41, 5.74) is 2.06. The number of hydrogen-bond donors (Lipinski definition) is 0. The fourth-order valence-electron chi connectivity index (χ4n) is 6.07. The maximum atomic E-state index is 13.0. The minimum Gasteiger partial charge on any atom is -0.462 e. The van der Waals surface area contributed by atoms with Gasteiger partial charge >= 0.3 is 5.97 Å². The molecule has 4 fully saturated rings. The van der Waals surface area contributed by atoms with Crippen molar-refractivity contribution in [2.75, 3.05) is 63.9 Å². The van der Waals surface area contributed by atoms with Gasteiger partial charge < -0.3 is 14.4 Å². The average Bonchev–Trinajstić information content (AvgIpc) is 3.18. The van der Waals surface area contributed by atoms with E-state index in [9.17, 15) is 13.2 Å². The molecule has 1 spiro atoms. The Labute approximate surface area is 209 Å². The zero-order valence-electron chi connectivity index (χ0n) is 20.9. The Bertz CT molecular complexity index is 977. The third-order valence-electron chi connectivity index (χ3n) is 8.49. The van der Waals surface area contributed by atoms with Crippen molar-refractivity contribution in [1.29, 1.82) is 0 Å². The topological polar surface area (TPSA) is 79.4 Å². The second-order valence-electron chi connectivity index (χ2n) is 10.7. The van der Waals surface area contributed by atoms with Crippen molar-refractivity contribution >= 4 is 21.7 Å². The number of piperidine rings is 1. The number of carbonyl (C=O) groups is 1. The summed E-state index contributed by atoms with van der Waals surface area (Å²) >= 11 is 0. The van der Waals surface area contributed by atoms with E-state index in [1.54, 1.807) is 4.31 Å². The first kappa shape index (κ1) is 25.0. The highest BCUT2D eigenvalue weighted by molar-refractivity contribution is 7.89. The van der Waals surface area contributed by atoms with Crippen LogP contribution in [0.3, 0.4) is 0 Å². The van der Waals surface area contributed by atoms with Crippen LogP contribution < -0.4 is 4.90 Å². The molecule has 0 aliphatic carbocycles. The summed E-state index contributed by atoms with van der Waals surface area (Å²) in [5, 5.41) is -0.347. The maximum Gasteiger partial charge on any atom is 0.312 e. The number of esters is 1. The Morgan fingerprint density at radius 3 is 2.29 bits per heavy atom. The number of aryl methyl sites for hydroxylation is 1. The zero-order chi connectivity index (χ0) is 24.5. The number of anilines is 1. The molecular formula is C26H39N3O5S. The number of benzene rings is 1. The Kier molecular flexibility index (Phi) is 7.40. The predicted octanol–water partition coefficient (Wildman–Crippen LogP) is 2.41. The van der Waals surface area contributed by atoms with Crippen molar-refractivity contribution in [3.63, 3.8) is 0 Å². The van der Waals surface area contributed by atoms with Crippen LogP contribution in [0.1, 0.15) is 44.1 Å². The molecule has 35 heavy (non-hydrogen) atoms. The van der Waals surface area contributed by atoms with Gasteiger partial charge in [-0.05, 0) is 51.2 Å². The van der Waals surface area contributed by atoms with Crippen LogP contribution in [0.25, 0.3) is 0 Å². The number of hydrogen-bond acceptors (Lipinski definition) is 7. The molecule has 4 saturated heterocycles. The van der Waals surface area contributed by atoms with Gasteiger partial charge in [0.05, 0.1) is 10.7 Å². The number of rotatable bonds is 6. The summed E-state index contributed by atoms with van der Waals surface area (Å²) in [6.07, 6.45) is 3.78. The van der Waals surface area contributed by atoms with E-state index in [2.05, 4.69) is 41.0 Å². The summed E-state index contributed by atoms with van der Waals surface area (Å²) in [6.45, 7) is 8.94. The molecule has 4 heterocycles. The van der Waals surface area contributed by atoms with Crippen LogP contribution in [0, 0.1) is 12.3 Å². The highest BCUT2D eigenvalue weighted by Gasteiger charge is 2.52. The lowest BCUT2D eigenvalue weighted by Crippen LogP contribution is -2.48. The lowest BCUT2D eigenvalue weighted by molar-refractivity contribution is -0.150. The fourth-order valence-corrected chi connectivity index (χ4v) is 7.97. The van der Waals surface area contributed by atoms with Crippen molar-refractivity contribution in [3.05, 3.63) is 29.8 Å². The second-order valence-corrected chi connectivity index (χ2v) is 12.9. The van der Waals surface area contributed by atoms with E-state index in [4.69, 9.17) is 9.47 Å². The molecule has 4 aliphatic heterocycles. The maximum absolute atomic E-state index is 13.0. The van der Waals surface area contributed by atoms with Gasteiger partial charge in [-0.2, -0.15) is 0 Å². The highest BCUT2D eigenvalue weighted by atomic mass is 32.2. The first-order valence-corrected chi connectivity index (χ1v) is 14.7. The van der Waals surface area contributed by atoms with Gasteiger partial charge in [0, 0.05) is 71.1 Å². The van der Waals surface area contributed by atoms with Gasteiger partial charge in [-0.1, -0.05) is 17.7 Å². The SMILES string of the molecule is Cc1ccc(N2CCN(CC[C@H]3CC4(CCN(S(=O)(=O)C5CCOCC5)CC4)C(=O)O3)CC2)cc1. The van der Waals surface area contributed by atoms with Crippen LogP contribution >= 0.6 is 0 Å². The summed E-state index contributed by atoms with van der Waals surface area (Å²) in [4.78, 5) is 17.8. The lowest BCUT2D eigenvalue weighted by Gasteiger charge is -2.38. The summed E-state index contributed by atoms with van der Waals surface area (Å²) in [5.74, 6) is -0.116. The van der Waals surface area contributed by atoms with Crippen molar-refractivity contribution in [1.82, 2.24) is 9.21 Å². The van der Waals surface area contributed by atoms with Crippen LogP contribution in [0.4, 0.5) is 5.69 Å². The number of sulfonamides is 1. The summed E-state index contributed by atoms with van der Waals surface area (Å²) < 4.78 is 38.9. The van der Waals surface area contributed by atoms with Crippen molar-refractivity contribution in [2.45, 2.75) is 56.8 Å². The highest BCUT2D eigenvalue weighted by Crippen LogP contribution is 2.44. The van der Waals surface area contributed by atoms with E-state index in [1.165, 1.54) is 11.3 Å². The Balaban J connectivity index is 1.08. The fraction of sp³-hybridized carbons (Fsp3) is 0.731. The molecule has 0 amide bonds.